The van der Waals surface area contributed by atoms with Crippen molar-refractivity contribution in [2.45, 2.75) is 91.0 Å². The monoisotopic (exact) mass is 376 g/mol. The second-order valence-electron chi connectivity index (χ2n) is 11.2. The Labute approximate surface area is 159 Å². The number of carbonyl (C=O) groups excluding carboxylic acids is 2. The Morgan fingerprint density at radius 1 is 0.923 bits per heavy atom. The number of carbonyl (C=O) groups is 2. The van der Waals surface area contributed by atoms with Crippen LogP contribution in [-0.4, -0.2) is 26.0 Å². The number of rotatable bonds is 2. The molecule has 0 aromatic heterocycles. The molecule has 4 heteroatoms. The van der Waals surface area contributed by atoms with Gasteiger partial charge in [0, 0.05) is 25.2 Å². The topological polar surface area (TPSA) is 43.4 Å². The molecule has 4 fully saturated rings. The fourth-order valence-corrected chi connectivity index (χ4v) is 8.65. The van der Waals surface area contributed by atoms with Crippen LogP contribution in [0.5, 0.6) is 0 Å². The Morgan fingerprint density at radius 3 is 2.31 bits per heavy atom. The van der Waals surface area contributed by atoms with Gasteiger partial charge in [0.15, 0.2) is 8.32 Å². The van der Waals surface area contributed by atoms with Crippen molar-refractivity contribution in [3.8, 4) is 0 Å². The summed E-state index contributed by atoms with van der Waals surface area (Å²) in [6, 6.07) is 0. The summed E-state index contributed by atoms with van der Waals surface area (Å²) >= 11 is 0. The van der Waals surface area contributed by atoms with Gasteiger partial charge in [-0.1, -0.05) is 13.8 Å². The van der Waals surface area contributed by atoms with Crippen LogP contribution in [0.25, 0.3) is 0 Å². The largest absolute Gasteiger partial charge is 0.414 e. The van der Waals surface area contributed by atoms with Crippen molar-refractivity contribution in [2.24, 2.45) is 34.5 Å². The van der Waals surface area contributed by atoms with Crippen molar-refractivity contribution in [1.29, 1.82) is 0 Å². The van der Waals surface area contributed by atoms with E-state index < -0.39 is 8.32 Å². The Morgan fingerprint density at radius 2 is 1.62 bits per heavy atom. The number of hydrogen-bond acceptors (Lipinski definition) is 3. The zero-order valence-corrected chi connectivity index (χ0v) is 18.3. The lowest BCUT2D eigenvalue weighted by Crippen LogP contribution is -2.57. The summed E-state index contributed by atoms with van der Waals surface area (Å²) in [5, 5.41) is 0. The molecule has 0 aliphatic heterocycles. The zero-order chi connectivity index (χ0) is 18.9. The first-order chi connectivity index (χ1) is 12.0. The van der Waals surface area contributed by atoms with E-state index in [9.17, 15) is 9.59 Å². The second kappa shape index (κ2) is 6.01. The molecular formula is C22H36O3Si. The summed E-state index contributed by atoms with van der Waals surface area (Å²) in [4.78, 5) is 25.1. The van der Waals surface area contributed by atoms with E-state index in [0.29, 0.717) is 48.3 Å². The van der Waals surface area contributed by atoms with Crippen LogP contribution in [0.1, 0.15) is 65.2 Å². The molecule has 0 N–H and O–H groups in total. The lowest BCUT2D eigenvalue weighted by atomic mass is 9.45. The van der Waals surface area contributed by atoms with E-state index in [2.05, 4.69) is 33.5 Å². The van der Waals surface area contributed by atoms with Gasteiger partial charge in [-0.25, -0.2) is 0 Å². The van der Waals surface area contributed by atoms with Crippen molar-refractivity contribution in [1.82, 2.24) is 0 Å². The molecule has 26 heavy (non-hydrogen) atoms. The normalized spacial score (nSPS) is 48.7. The minimum Gasteiger partial charge on any atom is -0.414 e. The molecule has 0 aromatic rings. The first kappa shape index (κ1) is 18.9. The molecule has 4 rings (SSSR count). The third-order valence-corrected chi connectivity index (χ3v) is 9.68. The molecule has 0 spiro atoms. The van der Waals surface area contributed by atoms with Gasteiger partial charge in [0.05, 0.1) is 6.10 Å². The van der Waals surface area contributed by atoms with Gasteiger partial charge in [-0.3, -0.25) is 9.59 Å². The van der Waals surface area contributed by atoms with E-state index in [1.165, 1.54) is 25.7 Å². The Bertz CT molecular complexity index is 623. The highest BCUT2D eigenvalue weighted by molar-refractivity contribution is 6.69. The van der Waals surface area contributed by atoms with Gasteiger partial charge in [0.2, 0.25) is 0 Å². The predicted octanol–water partition coefficient (Wildman–Crippen LogP) is 5.00. The van der Waals surface area contributed by atoms with Crippen molar-refractivity contribution >= 4 is 19.9 Å². The van der Waals surface area contributed by atoms with Crippen molar-refractivity contribution in [2.75, 3.05) is 0 Å². The molecule has 0 amide bonds. The molecule has 0 saturated heterocycles. The average molecular weight is 377 g/mol. The van der Waals surface area contributed by atoms with E-state index >= 15 is 0 Å². The molecular weight excluding hydrogens is 340 g/mol. The van der Waals surface area contributed by atoms with Gasteiger partial charge >= 0.3 is 0 Å². The predicted molar refractivity (Wildman–Crippen MR) is 105 cm³/mol. The first-order valence-electron chi connectivity index (χ1n) is 10.8. The van der Waals surface area contributed by atoms with Crippen LogP contribution in [0, 0.1) is 34.5 Å². The maximum atomic E-state index is 13.1. The van der Waals surface area contributed by atoms with Crippen LogP contribution in [-0.2, 0) is 14.0 Å². The van der Waals surface area contributed by atoms with Gasteiger partial charge in [0.1, 0.15) is 11.6 Å². The summed E-state index contributed by atoms with van der Waals surface area (Å²) < 4.78 is 6.63. The van der Waals surface area contributed by atoms with Gasteiger partial charge in [-0.15, -0.1) is 0 Å². The maximum absolute atomic E-state index is 13.1. The molecule has 7 atom stereocenters. The van der Waals surface area contributed by atoms with Crippen molar-refractivity contribution in [3.63, 3.8) is 0 Å². The second-order valence-corrected chi connectivity index (χ2v) is 15.6. The first-order valence-corrected chi connectivity index (χ1v) is 14.2. The molecule has 0 aromatic carbocycles. The van der Waals surface area contributed by atoms with Gasteiger partial charge in [0.25, 0.3) is 0 Å². The fourth-order valence-electron chi connectivity index (χ4n) is 7.41. The molecule has 146 valence electrons. The number of ketones is 2. The highest BCUT2D eigenvalue weighted by Crippen LogP contribution is 2.65. The Kier molecular flexibility index (Phi) is 4.36. The van der Waals surface area contributed by atoms with Crippen LogP contribution in [0.2, 0.25) is 19.6 Å². The molecule has 0 radical (unpaired) electrons. The highest BCUT2D eigenvalue weighted by atomic mass is 28.4. The quantitative estimate of drug-likeness (QED) is 0.637. The van der Waals surface area contributed by atoms with Crippen LogP contribution < -0.4 is 0 Å². The third-order valence-electron chi connectivity index (χ3n) is 8.69. The molecule has 4 aliphatic carbocycles. The van der Waals surface area contributed by atoms with Crippen molar-refractivity contribution in [3.05, 3.63) is 0 Å². The number of hydrogen-bond donors (Lipinski definition) is 0. The summed E-state index contributed by atoms with van der Waals surface area (Å²) in [6.07, 6.45) is 8.08. The zero-order valence-electron chi connectivity index (χ0n) is 17.3. The SMILES string of the molecule is C[C@]12CCC(=O)CC1C(=O)C[C@@H]1[C@@H]2CC[C@]2(C)C(O[Si](C)(C)C)CC[C@@H]12. The van der Waals surface area contributed by atoms with E-state index in [0.717, 1.165) is 12.8 Å². The van der Waals surface area contributed by atoms with Gasteiger partial charge in [-0.2, -0.15) is 0 Å². The molecule has 4 saturated carbocycles. The van der Waals surface area contributed by atoms with E-state index in [-0.39, 0.29) is 16.7 Å². The van der Waals surface area contributed by atoms with Crippen LogP contribution in [0.3, 0.4) is 0 Å². The Hall–Kier alpha value is -0.483. The number of Topliss-reactive ketones (excluding diaryl/α,β-unsaturated/α-hetero) is 2. The third kappa shape index (κ3) is 2.78. The lowest BCUT2D eigenvalue weighted by Gasteiger charge is -2.59. The van der Waals surface area contributed by atoms with Gasteiger partial charge in [-0.05, 0) is 80.3 Å². The maximum Gasteiger partial charge on any atom is 0.184 e. The minimum atomic E-state index is -1.56. The van der Waals surface area contributed by atoms with Crippen LogP contribution >= 0.6 is 0 Å². The summed E-state index contributed by atoms with van der Waals surface area (Å²) in [5.74, 6) is 2.48. The molecule has 4 aliphatic rings. The molecule has 2 unspecified atom stereocenters. The summed E-state index contributed by atoms with van der Waals surface area (Å²) in [5.41, 5.74) is 0.308. The summed E-state index contributed by atoms with van der Waals surface area (Å²) in [6.45, 7) is 11.7. The van der Waals surface area contributed by atoms with E-state index in [1.54, 1.807) is 0 Å². The lowest BCUT2D eigenvalue weighted by molar-refractivity contribution is -0.159. The van der Waals surface area contributed by atoms with Gasteiger partial charge < -0.3 is 4.43 Å². The van der Waals surface area contributed by atoms with E-state index in [1.807, 2.05) is 0 Å². The smallest absolute Gasteiger partial charge is 0.184 e. The molecule has 3 nitrogen and oxygen atoms in total. The molecule has 0 heterocycles. The summed E-state index contributed by atoms with van der Waals surface area (Å²) in [7, 11) is -1.56. The highest BCUT2D eigenvalue weighted by Gasteiger charge is 2.62. The van der Waals surface area contributed by atoms with Crippen LogP contribution in [0.4, 0.5) is 0 Å². The average Bonchev–Trinajstić information content (AvgIpc) is 2.85. The number of fused-ring (bicyclic) bond motifs is 5. The van der Waals surface area contributed by atoms with Crippen molar-refractivity contribution < 1.29 is 14.0 Å². The van der Waals surface area contributed by atoms with E-state index in [4.69, 9.17) is 4.43 Å². The Balaban J connectivity index is 1.62. The fraction of sp³-hybridized carbons (Fsp3) is 0.909. The van der Waals surface area contributed by atoms with Crippen LogP contribution in [0.15, 0.2) is 0 Å². The minimum absolute atomic E-state index is 0.00443. The molecule has 0 bridgehead atoms. The standard InChI is InChI=1S/C22H36O3Si/c1-21-10-8-14(23)12-18(21)19(24)13-15-16-6-7-20(25-26(3,4)5)22(16,2)11-9-17(15)21/h15-18,20H,6-13H2,1-5H3/t15-,16-,17-,18?,20?,21+,22-/m0/s1.